The van der Waals surface area contributed by atoms with E-state index in [2.05, 4.69) is 6.92 Å². The first-order chi connectivity index (χ1) is 6.66. The molecule has 84 valence electrons. The topological polar surface area (TPSA) is 35.5 Å². The molecule has 0 aromatic heterocycles. The molecule has 1 unspecified atom stereocenters. The number of hydrogen-bond acceptors (Lipinski definition) is 3. The first kappa shape index (κ1) is 14.0. The predicted octanol–water partition coefficient (Wildman–Crippen LogP) is 3.89. The van der Waals surface area contributed by atoms with Crippen LogP contribution in [0.25, 0.3) is 0 Å². The molecule has 0 aromatic carbocycles. The molecule has 14 heavy (non-hydrogen) atoms. The van der Waals surface area contributed by atoms with Crippen LogP contribution in [0.3, 0.4) is 0 Å². The van der Waals surface area contributed by atoms with Crippen LogP contribution in [-0.4, -0.2) is 16.9 Å². The van der Waals surface area contributed by atoms with Crippen LogP contribution in [0, 0.1) is 0 Å². The second kappa shape index (κ2) is 9.55. The maximum Gasteiger partial charge on any atom is 0.509 e. The van der Waals surface area contributed by atoms with Crippen LogP contribution in [0.1, 0.15) is 46.0 Å². The SMILES string of the molecule is CCCCCCCOC(=O)OC(C)I. The van der Waals surface area contributed by atoms with E-state index in [0.29, 0.717) is 6.61 Å². The van der Waals surface area contributed by atoms with Crippen molar-refractivity contribution in [2.75, 3.05) is 6.61 Å². The van der Waals surface area contributed by atoms with Crippen LogP contribution in [0.5, 0.6) is 0 Å². The quantitative estimate of drug-likeness (QED) is 0.309. The Balaban J connectivity index is 3.15. The summed E-state index contributed by atoms with van der Waals surface area (Å²) in [7, 11) is 0. The highest BCUT2D eigenvalue weighted by molar-refractivity contribution is 14.1. The van der Waals surface area contributed by atoms with Gasteiger partial charge in [0.1, 0.15) is 0 Å². The molecule has 0 rings (SSSR count). The van der Waals surface area contributed by atoms with Crippen molar-refractivity contribution in [1.82, 2.24) is 0 Å². The predicted molar refractivity (Wildman–Crippen MR) is 64.7 cm³/mol. The Bertz CT molecular complexity index is 148. The van der Waals surface area contributed by atoms with Gasteiger partial charge in [-0.05, 0) is 35.9 Å². The van der Waals surface area contributed by atoms with Crippen LogP contribution >= 0.6 is 22.6 Å². The van der Waals surface area contributed by atoms with Gasteiger partial charge in [-0.1, -0.05) is 32.6 Å². The van der Waals surface area contributed by atoms with Crippen molar-refractivity contribution in [2.45, 2.75) is 50.1 Å². The molecule has 0 N–H and O–H groups in total. The molecule has 0 radical (unpaired) electrons. The number of carbonyl (C=O) groups excluding carboxylic acids is 1. The number of hydrogen-bond donors (Lipinski definition) is 0. The average Bonchev–Trinajstić information content (AvgIpc) is 2.10. The minimum absolute atomic E-state index is 0.125. The second-order valence-electron chi connectivity index (χ2n) is 3.17. The van der Waals surface area contributed by atoms with Crippen molar-refractivity contribution in [3.8, 4) is 0 Å². The molecule has 0 heterocycles. The third-order valence-electron chi connectivity index (χ3n) is 1.73. The van der Waals surface area contributed by atoms with Gasteiger partial charge in [0.25, 0.3) is 0 Å². The summed E-state index contributed by atoms with van der Waals surface area (Å²) in [5, 5.41) is 0. The van der Waals surface area contributed by atoms with Crippen molar-refractivity contribution in [1.29, 1.82) is 0 Å². The maximum atomic E-state index is 10.9. The van der Waals surface area contributed by atoms with E-state index in [9.17, 15) is 4.79 Å². The van der Waals surface area contributed by atoms with E-state index in [1.165, 1.54) is 19.3 Å². The lowest BCUT2D eigenvalue weighted by atomic mass is 10.2. The van der Waals surface area contributed by atoms with Crippen LogP contribution in [0.2, 0.25) is 0 Å². The number of rotatable bonds is 7. The summed E-state index contributed by atoms with van der Waals surface area (Å²) < 4.78 is 9.55. The smallest absolute Gasteiger partial charge is 0.434 e. The van der Waals surface area contributed by atoms with Crippen LogP contribution in [0.4, 0.5) is 4.79 Å². The largest absolute Gasteiger partial charge is 0.509 e. The van der Waals surface area contributed by atoms with Gasteiger partial charge in [-0.2, -0.15) is 0 Å². The van der Waals surface area contributed by atoms with Gasteiger partial charge in [-0.3, -0.25) is 0 Å². The zero-order valence-corrected chi connectivity index (χ0v) is 11.1. The summed E-state index contributed by atoms with van der Waals surface area (Å²) in [5.41, 5.74) is 0. The van der Waals surface area contributed by atoms with E-state index >= 15 is 0 Å². The Morgan fingerprint density at radius 3 is 2.50 bits per heavy atom. The fraction of sp³-hybridized carbons (Fsp3) is 0.900. The Kier molecular flexibility index (Phi) is 9.55. The Morgan fingerprint density at radius 1 is 1.29 bits per heavy atom. The van der Waals surface area contributed by atoms with Crippen LogP contribution in [-0.2, 0) is 9.47 Å². The fourth-order valence-corrected chi connectivity index (χ4v) is 1.24. The lowest BCUT2D eigenvalue weighted by Crippen LogP contribution is -2.11. The van der Waals surface area contributed by atoms with Crippen LogP contribution < -0.4 is 0 Å². The Morgan fingerprint density at radius 2 is 1.93 bits per heavy atom. The summed E-state index contributed by atoms with van der Waals surface area (Å²) in [4.78, 5) is 10.9. The summed E-state index contributed by atoms with van der Waals surface area (Å²) in [6, 6.07) is 0. The van der Waals surface area contributed by atoms with Crippen molar-refractivity contribution in [3.05, 3.63) is 0 Å². The van der Waals surface area contributed by atoms with Gasteiger partial charge in [0, 0.05) is 0 Å². The molecule has 0 fully saturated rings. The van der Waals surface area contributed by atoms with Gasteiger partial charge in [-0.15, -0.1) is 0 Å². The third-order valence-corrected chi connectivity index (χ3v) is 1.98. The van der Waals surface area contributed by atoms with Crippen molar-refractivity contribution in [2.24, 2.45) is 0 Å². The molecule has 0 aromatic rings. The zero-order valence-electron chi connectivity index (χ0n) is 8.92. The van der Waals surface area contributed by atoms with E-state index in [0.717, 1.165) is 12.8 Å². The van der Waals surface area contributed by atoms with E-state index in [-0.39, 0.29) is 4.11 Å². The average molecular weight is 314 g/mol. The molecule has 0 saturated heterocycles. The van der Waals surface area contributed by atoms with Gasteiger partial charge in [-0.25, -0.2) is 4.79 Å². The fourth-order valence-electron chi connectivity index (χ4n) is 1.03. The molecular formula is C10H19IO3. The summed E-state index contributed by atoms with van der Waals surface area (Å²) in [6.07, 6.45) is 5.22. The Hall–Kier alpha value is 0. The van der Waals surface area contributed by atoms with Crippen molar-refractivity contribution >= 4 is 28.7 Å². The first-order valence-corrected chi connectivity index (χ1v) is 6.39. The number of halogens is 1. The lowest BCUT2D eigenvalue weighted by molar-refractivity contribution is 0.0537. The van der Waals surface area contributed by atoms with Gasteiger partial charge in [0.15, 0.2) is 4.11 Å². The molecule has 0 aliphatic carbocycles. The van der Waals surface area contributed by atoms with E-state index in [1.807, 2.05) is 22.6 Å². The third kappa shape index (κ3) is 10.1. The molecule has 4 heteroatoms. The maximum absolute atomic E-state index is 10.9. The van der Waals surface area contributed by atoms with Crippen molar-refractivity contribution < 1.29 is 14.3 Å². The molecule has 1 atom stereocenters. The van der Waals surface area contributed by atoms with Crippen LogP contribution in [0.15, 0.2) is 0 Å². The van der Waals surface area contributed by atoms with E-state index in [4.69, 9.17) is 9.47 Å². The summed E-state index contributed by atoms with van der Waals surface area (Å²) in [5.74, 6) is 0. The first-order valence-electron chi connectivity index (χ1n) is 5.14. The molecule has 0 aliphatic rings. The summed E-state index contributed by atoms with van der Waals surface area (Å²) >= 11 is 2.01. The van der Waals surface area contributed by atoms with Gasteiger partial charge in [0.2, 0.25) is 0 Å². The normalized spacial score (nSPS) is 12.2. The van der Waals surface area contributed by atoms with E-state index in [1.54, 1.807) is 6.92 Å². The molecule has 0 spiro atoms. The number of carbonyl (C=O) groups is 1. The number of ether oxygens (including phenoxy) is 2. The number of unbranched alkanes of at least 4 members (excludes halogenated alkanes) is 4. The summed E-state index contributed by atoms with van der Waals surface area (Å²) in [6.45, 7) is 4.45. The van der Waals surface area contributed by atoms with Gasteiger partial charge in [0.05, 0.1) is 6.61 Å². The van der Waals surface area contributed by atoms with Crippen molar-refractivity contribution in [3.63, 3.8) is 0 Å². The zero-order chi connectivity index (χ0) is 10.8. The molecule has 0 amide bonds. The molecular weight excluding hydrogens is 295 g/mol. The highest BCUT2D eigenvalue weighted by atomic mass is 127. The molecule has 0 bridgehead atoms. The highest BCUT2D eigenvalue weighted by Crippen LogP contribution is 2.05. The van der Waals surface area contributed by atoms with E-state index < -0.39 is 6.16 Å². The minimum Gasteiger partial charge on any atom is -0.434 e. The van der Waals surface area contributed by atoms with Gasteiger partial charge < -0.3 is 9.47 Å². The second-order valence-corrected chi connectivity index (χ2v) is 4.93. The molecule has 0 aliphatic heterocycles. The lowest BCUT2D eigenvalue weighted by Gasteiger charge is -2.07. The van der Waals surface area contributed by atoms with Gasteiger partial charge >= 0.3 is 6.16 Å². The molecule has 3 nitrogen and oxygen atoms in total. The molecule has 0 saturated carbocycles. The Labute approximate surface area is 99.7 Å². The minimum atomic E-state index is -0.553. The monoisotopic (exact) mass is 314 g/mol. The standard InChI is InChI=1S/C10H19IO3/c1-3-4-5-6-7-8-13-10(12)14-9(2)11/h9H,3-8H2,1-2H3. The highest BCUT2D eigenvalue weighted by Gasteiger charge is 2.06. The number of alkyl halides is 1.